The average molecular weight is 1320 g/mol. The highest BCUT2D eigenvalue weighted by Crippen LogP contribution is 2.30. The summed E-state index contributed by atoms with van der Waals surface area (Å²) in [6.45, 7) is 0.248. The summed E-state index contributed by atoms with van der Waals surface area (Å²) in [7, 11) is 5.94. The molecule has 0 atom stereocenters. The van der Waals surface area contributed by atoms with E-state index >= 15 is 0 Å². The molecule has 0 saturated heterocycles. The maximum atomic E-state index is 13.8. The van der Waals surface area contributed by atoms with E-state index in [0.29, 0.717) is 59.8 Å². The first-order chi connectivity index (χ1) is 39.8. The summed E-state index contributed by atoms with van der Waals surface area (Å²) in [4.78, 5) is 62.7. The number of rotatable bonds is 16. The first kappa shape index (κ1) is 50.9. The zero-order valence-electron chi connectivity index (χ0n) is 43.6. The fourth-order valence-corrected chi connectivity index (χ4v) is 10.6. The summed E-state index contributed by atoms with van der Waals surface area (Å²) in [5.41, 5.74) is 0.251. The van der Waals surface area contributed by atoms with Crippen molar-refractivity contribution in [2.24, 2.45) is 28.2 Å². The Morgan fingerprint density at radius 1 is 0.506 bits per heavy atom. The Hall–Kier alpha value is -7.58. The minimum absolute atomic E-state index is 0.0400. The van der Waals surface area contributed by atoms with Gasteiger partial charge in [-0.25, -0.2) is 39.1 Å². The van der Waals surface area contributed by atoms with E-state index < -0.39 is 22.2 Å². The smallest absolute Gasteiger partial charge is 0.369 e. The van der Waals surface area contributed by atoms with Crippen molar-refractivity contribution < 1.29 is 28.8 Å². The van der Waals surface area contributed by atoms with Gasteiger partial charge in [-0.05, 0) is 104 Å². The highest BCUT2D eigenvalue weighted by molar-refractivity contribution is 9.11. The van der Waals surface area contributed by atoms with Gasteiger partial charge in [0.15, 0.2) is 23.3 Å². The highest BCUT2D eigenvalue weighted by Gasteiger charge is 2.23. The minimum Gasteiger partial charge on any atom is -0.465 e. The SMILES string of the molecule is [3H]c1csc(OCc2c(-n3nnn(C)c3=O)nsc2Br)n1.[3H]c1csc(OCc2c(-n3nnn(C)c3=O)nsc2Cl)n1.[3H]c1csc(OCc2c(-n3nnn(C)c3=O)nsc2F)n1.[3H]c1csc(OCc2csnc2-n2nnn(C)c2=O)n1. The lowest BCUT2D eigenvalue weighted by molar-refractivity contribution is 0.299. The topological polar surface area (TPSA) is 351 Å². The summed E-state index contributed by atoms with van der Waals surface area (Å²) < 4.78 is 90.8. The van der Waals surface area contributed by atoms with Crippen LogP contribution in [0.25, 0.3) is 23.3 Å². The van der Waals surface area contributed by atoms with Crippen molar-refractivity contribution in [3.05, 3.63) is 129 Å². The Labute approximate surface area is 488 Å². The van der Waals surface area contributed by atoms with Gasteiger partial charge in [0.1, 0.15) is 30.8 Å². The number of halogens is 3. The van der Waals surface area contributed by atoms with E-state index in [4.69, 9.17) is 36.0 Å². The Bertz CT molecular complexity index is 4080. The van der Waals surface area contributed by atoms with Crippen molar-refractivity contribution in [3.63, 3.8) is 0 Å². The maximum absolute atomic E-state index is 13.8. The Morgan fingerprint density at radius 2 is 0.873 bits per heavy atom. The minimum atomic E-state index is -0.579. The molecule has 0 radical (unpaired) electrons. The van der Waals surface area contributed by atoms with Crippen molar-refractivity contribution in [3.8, 4) is 44.0 Å². The fourth-order valence-electron chi connectivity index (χ4n) is 5.55. The number of ether oxygens (including phenoxy) is 4. The van der Waals surface area contributed by atoms with Crippen LogP contribution in [-0.4, -0.2) is 117 Å². The molecule has 43 heteroatoms. The van der Waals surface area contributed by atoms with Crippen LogP contribution in [0.4, 0.5) is 4.39 Å². The monoisotopic (exact) mass is 1320 g/mol. The maximum Gasteiger partial charge on any atom is 0.369 e. The second kappa shape index (κ2) is 25.9. The van der Waals surface area contributed by atoms with Crippen LogP contribution in [0.2, 0.25) is 4.34 Å². The summed E-state index contributed by atoms with van der Waals surface area (Å²) in [6, 6.07) is 0. The first-order valence-corrected chi connectivity index (χ1v) is 28.7. The lowest BCUT2D eigenvalue weighted by atomic mass is 10.3. The van der Waals surface area contributed by atoms with E-state index in [1.807, 2.05) is 0 Å². The van der Waals surface area contributed by atoms with Gasteiger partial charge in [0, 0.05) is 85.3 Å². The van der Waals surface area contributed by atoms with Crippen molar-refractivity contribution >= 4 is 119 Å². The van der Waals surface area contributed by atoms with Crippen molar-refractivity contribution in [2.75, 3.05) is 0 Å². The molecule has 12 heterocycles. The highest BCUT2D eigenvalue weighted by atomic mass is 79.9. The number of hydrogen-bond acceptors (Lipinski definition) is 32. The van der Waals surface area contributed by atoms with Crippen molar-refractivity contribution in [1.82, 2.24) is 117 Å². The normalized spacial score (nSPS) is 11.6. The summed E-state index contributed by atoms with van der Waals surface area (Å²) in [5, 5.41) is 38.1. The molecule has 12 aromatic rings. The van der Waals surface area contributed by atoms with E-state index in [9.17, 15) is 23.6 Å². The molecule has 0 amide bonds. The van der Waals surface area contributed by atoms with Crippen LogP contribution in [0.1, 0.15) is 27.7 Å². The molecule has 0 N–H and O–H groups in total. The number of hydrogen-bond donors (Lipinski definition) is 0. The third kappa shape index (κ3) is 13.3. The molecule has 0 saturated carbocycles. The van der Waals surface area contributed by atoms with Gasteiger partial charge < -0.3 is 18.9 Å². The molecule has 0 unspecified atom stereocenters. The van der Waals surface area contributed by atoms with E-state index in [1.54, 1.807) is 21.5 Å². The molecule has 0 aliphatic heterocycles. The van der Waals surface area contributed by atoms with Gasteiger partial charge in [0.05, 0.1) is 26.0 Å². The lowest BCUT2D eigenvalue weighted by Gasteiger charge is -2.03. The molecule has 0 aliphatic rings. The van der Waals surface area contributed by atoms with Gasteiger partial charge in [0.25, 0.3) is 20.8 Å². The standard InChI is InChI=1S/C9H7BrN6O2S2.C9H7ClN6O2S2.C9H7FN6O2S2.C9H8N6O2S2/c3*1-15-9(17)16(14-13-15)7-5(6(10)20-12-7)4-18-8-11-2-3-19-8;1-14-9(16)15(13-12-14)7-6(5-19-11-7)4-17-8-10-2-3-18-8/h3*2-3H,4H2,1H3;2-3,5H,4H2,1H3/i4*2T. The van der Waals surface area contributed by atoms with E-state index in [0.717, 1.165) is 64.1 Å². The molecule has 79 heavy (non-hydrogen) atoms. The quantitative estimate of drug-likeness (QED) is 0.134. The number of nitrogens with zero attached hydrogens (tertiary/aromatic N) is 24. The zero-order valence-corrected chi connectivity index (χ0v) is 48.5. The molecule has 0 aromatic carbocycles. The van der Waals surface area contributed by atoms with Crippen molar-refractivity contribution in [2.45, 2.75) is 26.4 Å². The lowest BCUT2D eigenvalue weighted by Crippen LogP contribution is -2.23. The first-order valence-electron chi connectivity index (χ1n) is 22.9. The number of thiazole rings is 4. The number of tetrazole rings is 4. The van der Waals surface area contributed by atoms with Crippen LogP contribution in [0.3, 0.4) is 0 Å². The molecule has 0 spiro atoms. The van der Waals surface area contributed by atoms with Crippen molar-refractivity contribution in [1.29, 1.82) is 0 Å². The Morgan fingerprint density at radius 3 is 1.29 bits per heavy atom. The third-order valence-electron chi connectivity index (χ3n) is 9.31. The van der Waals surface area contributed by atoms with Crippen LogP contribution >= 0.6 is 119 Å². The molecule has 0 fully saturated rings. The number of aromatic nitrogens is 24. The van der Waals surface area contributed by atoms with E-state index in [-0.39, 0.29) is 79.2 Å². The predicted octanol–water partition coefficient (Wildman–Crippen LogP) is 3.39. The van der Waals surface area contributed by atoms with Crippen LogP contribution in [-0.2, 0) is 54.6 Å². The van der Waals surface area contributed by atoms with Gasteiger partial charge in [-0.1, -0.05) is 56.9 Å². The van der Waals surface area contributed by atoms with Crippen LogP contribution in [0.15, 0.2) is 74.6 Å². The molecular weight excluding hydrogens is 1290 g/mol. The molecule has 0 aliphatic carbocycles. The molecule has 410 valence electrons. The Balaban J connectivity index is 0.000000133. The van der Waals surface area contributed by atoms with E-state index in [2.05, 4.69) is 95.1 Å². The van der Waals surface area contributed by atoms with Crippen LogP contribution < -0.4 is 41.7 Å². The molecule has 32 nitrogen and oxygen atoms in total. The van der Waals surface area contributed by atoms with Gasteiger partial charge in [0.2, 0.25) is 5.13 Å². The second-order valence-corrected chi connectivity index (χ2v) is 22.4. The third-order valence-corrected chi connectivity index (χ3v) is 15.9. The molecule has 0 bridgehead atoms. The largest absolute Gasteiger partial charge is 0.465 e. The second-order valence-electron chi connectivity index (χ2n) is 14.3. The molecule has 12 rings (SSSR count). The van der Waals surface area contributed by atoms with Gasteiger partial charge in [-0.3, -0.25) is 0 Å². The average Bonchev–Trinajstić information content (AvgIpc) is 4.34. The summed E-state index contributed by atoms with van der Waals surface area (Å²) >= 11 is 18.3. The number of aryl methyl sites for hydroxylation is 4. The van der Waals surface area contributed by atoms with Gasteiger partial charge in [-0.2, -0.15) is 40.6 Å². The summed E-state index contributed by atoms with van der Waals surface area (Å²) in [6.07, 6.45) is 0.529. The van der Waals surface area contributed by atoms with Crippen LogP contribution in [0, 0.1) is 5.13 Å². The molecule has 12 aromatic heterocycles. The fraction of sp³-hybridized carbons (Fsp3) is 0.222. The molecular formula is C36H29BrClFN24O8S8. The zero-order chi connectivity index (χ0) is 59.1. The van der Waals surface area contributed by atoms with Crippen LogP contribution in [0.5, 0.6) is 20.8 Å². The van der Waals surface area contributed by atoms with Gasteiger partial charge >= 0.3 is 22.8 Å². The van der Waals surface area contributed by atoms with E-state index in [1.165, 1.54) is 90.6 Å². The predicted molar refractivity (Wildman–Crippen MR) is 288 cm³/mol. The Kier molecular flexibility index (Phi) is 16.7. The van der Waals surface area contributed by atoms with Gasteiger partial charge in [-0.15, -0.1) is 18.7 Å². The summed E-state index contributed by atoms with van der Waals surface area (Å²) in [5.74, 6) is 1.09.